The second-order valence-corrected chi connectivity index (χ2v) is 4.58. The zero-order chi connectivity index (χ0) is 16.2. The highest BCUT2D eigenvalue weighted by Crippen LogP contribution is 2.30. The fourth-order valence-electron chi connectivity index (χ4n) is 1.82. The second-order valence-electron chi connectivity index (χ2n) is 4.58. The summed E-state index contributed by atoms with van der Waals surface area (Å²) < 4.78 is 44.2. The van der Waals surface area contributed by atoms with Crippen molar-refractivity contribution in [2.45, 2.75) is 12.7 Å². The van der Waals surface area contributed by atoms with Gasteiger partial charge in [0.25, 0.3) is 0 Å². The lowest BCUT2D eigenvalue weighted by Gasteiger charge is -2.05. The molecule has 0 unspecified atom stereocenters. The number of aryl methyl sites for hydroxylation is 1. The van der Waals surface area contributed by atoms with Crippen molar-refractivity contribution in [2.24, 2.45) is 7.05 Å². The van der Waals surface area contributed by atoms with Crippen LogP contribution in [-0.2, 0) is 24.5 Å². The lowest BCUT2D eigenvalue weighted by Crippen LogP contribution is -2.38. The third-order valence-corrected chi connectivity index (χ3v) is 2.97. The number of halogens is 3. The zero-order valence-electron chi connectivity index (χ0n) is 12.2. The average Bonchev–Trinajstić information content (AvgIpc) is 2.84. The summed E-state index contributed by atoms with van der Waals surface area (Å²) in [4.78, 5) is 1.62. The van der Waals surface area contributed by atoms with Crippen LogP contribution in [0.3, 0.4) is 0 Å². The molecule has 0 saturated carbocycles. The predicted molar refractivity (Wildman–Crippen MR) is 73.5 cm³/mol. The summed E-state index contributed by atoms with van der Waals surface area (Å²) >= 11 is 0. The fraction of sp³-hybridized carbons (Fsp3) is 0.333. The first-order chi connectivity index (χ1) is 10.4. The van der Waals surface area contributed by atoms with E-state index >= 15 is 0 Å². The van der Waals surface area contributed by atoms with Crippen LogP contribution < -0.4 is 4.68 Å². The van der Waals surface area contributed by atoms with Gasteiger partial charge in [-0.05, 0) is 29.1 Å². The third-order valence-electron chi connectivity index (χ3n) is 2.97. The van der Waals surface area contributed by atoms with E-state index in [1.807, 2.05) is 0 Å². The Kier molecular flexibility index (Phi) is 4.83. The summed E-state index contributed by atoms with van der Waals surface area (Å²) in [6, 6.07) is 4.91. The van der Waals surface area contributed by atoms with Gasteiger partial charge in [-0.25, -0.2) is 0 Å². The van der Waals surface area contributed by atoms with Crippen molar-refractivity contribution in [2.75, 3.05) is 13.7 Å². The highest BCUT2D eigenvalue weighted by Gasteiger charge is 2.30. The lowest BCUT2D eigenvalue weighted by molar-refractivity contribution is -0.757. The Morgan fingerprint density at radius 3 is 2.50 bits per heavy atom. The van der Waals surface area contributed by atoms with E-state index in [9.17, 15) is 13.2 Å². The lowest BCUT2D eigenvalue weighted by atomic mass is 10.1. The molecule has 0 aliphatic rings. The van der Waals surface area contributed by atoms with Crippen LogP contribution in [0.4, 0.5) is 13.2 Å². The number of hydrogen-bond donors (Lipinski definition) is 0. The molecular formula is C15H15F3N3O+. The summed E-state index contributed by atoms with van der Waals surface area (Å²) in [5, 5.41) is 4.32. The minimum atomic E-state index is -4.33. The number of hydrogen-bond acceptors (Lipinski definition) is 2. The molecule has 0 spiro atoms. The Labute approximate surface area is 126 Å². The highest BCUT2D eigenvalue weighted by atomic mass is 19.4. The molecular weight excluding hydrogens is 295 g/mol. The van der Waals surface area contributed by atoms with Gasteiger partial charge in [0, 0.05) is 17.8 Å². The molecule has 0 radical (unpaired) electrons. The van der Waals surface area contributed by atoms with E-state index in [1.165, 1.54) is 12.1 Å². The van der Waals surface area contributed by atoms with Crippen molar-refractivity contribution in [3.63, 3.8) is 0 Å². The molecule has 1 aromatic heterocycles. The maximum Gasteiger partial charge on any atom is 0.416 e. The van der Waals surface area contributed by atoms with Crippen LogP contribution >= 0.6 is 0 Å². The molecule has 0 saturated heterocycles. The predicted octanol–water partition coefficient (Wildman–Crippen LogP) is 2.04. The van der Waals surface area contributed by atoms with Gasteiger partial charge in [0.1, 0.15) is 13.7 Å². The summed E-state index contributed by atoms with van der Waals surface area (Å²) in [5.41, 5.74) is 0.530. The Morgan fingerprint density at radius 2 is 1.91 bits per heavy atom. The maximum absolute atomic E-state index is 12.5. The molecule has 1 heterocycles. The number of methoxy groups -OCH3 is 1. The first kappa shape index (κ1) is 16.0. The standard InChI is InChI=1S/C15H15F3N3O/c1-20-11-14(19-21(20)9-3-4-10-22-2)12-5-7-13(8-6-12)15(16,17)18/h5-8,11H,9-10H2,1-2H3/q+1. The molecule has 7 heteroatoms. The number of nitrogens with zero attached hydrogens (tertiary/aromatic N) is 3. The average molecular weight is 310 g/mol. The molecule has 2 aromatic rings. The van der Waals surface area contributed by atoms with Crippen molar-refractivity contribution >= 4 is 0 Å². The molecule has 0 aliphatic carbocycles. The van der Waals surface area contributed by atoms with Crippen LogP contribution in [0.2, 0.25) is 0 Å². The molecule has 1 aromatic carbocycles. The third kappa shape index (κ3) is 3.86. The molecule has 0 bridgehead atoms. The van der Waals surface area contributed by atoms with E-state index in [-0.39, 0.29) is 0 Å². The highest BCUT2D eigenvalue weighted by molar-refractivity contribution is 5.57. The molecule has 4 nitrogen and oxygen atoms in total. The van der Waals surface area contributed by atoms with Crippen molar-refractivity contribution in [1.29, 1.82) is 0 Å². The van der Waals surface area contributed by atoms with Gasteiger partial charge < -0.3 is 4.74 Å². The SMILES string of the molecule is COCC#CCn1nc(-c2ccc(C(F)(F)F)cc2)c[n+]1C. The second kappa shape index (κ2) is 6.62. The van der Waals surface area contributed by atoms with Gasteiger partial charge in [-0.3, -0.25) is 0 Å². The van der Waals surface area contributed by atoms with Crippen LogP contribution in [0.5, 0.6) is 0 Å². The molecule has 0 amide bonds. The molecule has 116 valence electrons. The Bertz CT molecular complexity index is 694. The number of aromatic nitrogens is 3. The van der Waals surface area contributed by atoms with Gasteiger partial charge in [-0.1, -0.05) is 11.8 Å². The van der Waals surface area contributed by atoms with E-state index in [2.05, 4.69) is 16.9 Å². The first-order valence-electron chi connectivity index (χ1n) is 6.48. The van der Waals surface area contributed by atoms with Gasteiger partial charge in [0.15, 0.2) is 12.7 Å². The topological polar surface area (TPSA) is 30.9 Å². The normalized spacial score (nSPS) is 11.1. The minimum Gasteiger partial charge on any atom is -0.372 e. The Morgan fingerprint density at radius 1 is 1.23 bits per heavy atom. The van der Waals surface area contributed by atoms with E-state index in [1.54, 1.807) is 29.8 Å². The largest absolute Gasteiger partial charge is 0.416 e. The molecule has 0 atom stereocenters. The van der Waals surface area contributed by atoms with E-state index in [0.717, 1.165) is 12.1 Å². The molecule has 0 aliphatic heterocycles. The Balaban J connectivity index is 2.18. The van der Waals surface area contributed by atoms with Crippen molar-refractivity contribution in [1.82, 2.24) is 9.90 Å². The maximum atomic E-state index is 12.5. The molecule has 22 heavy (non-hydrogen) atoms. The quantitative estimate of drug-likeness (QED) is 0.642. The number of benzene rings is 1. The van der Waals surface area contributed by atoms with Crippen LogP contribution in [0, 0.1) is 11.8 Å². The van der Waals surface area contributed by atoms with Gasteiger partial charge in [-0.2, -0.15) is 17.9 Å². The van der Waals surface area contributed by atoms with Crippen molar-refractivity contribution in [3.05, 3.63) is 36.0 Å². The molecule has 0 N–H and O–H groups in total. The van der Waals surface area contributed by atoms with E-state index in [4.69, 9.17) is 4.74 Å². The number of ether oxygens (including phenoxy) is 1. The zero-order valence-corrected chi connectivity index (χ0v) is 12.2. The van der Waals surface area contributed by atoms with Crippen molar-refractivity contribution < 1.29 is 22.6 Å². The number of rotatable bonds is 3. The van der Waals surface area contributed by atoms with Gasteiger partial charge in [0.2, 0.25) is 5.69 Å². The van der Waals surface area contributed by atoms with Crippen LogP contribution in [0.25, 0.3) is 11.3 Å². The van der Waals surface area contributed by atoms with E-state index < -0.39 is 11.7 Å². The van der Waals surface area contributed by atoms with Gasteiger partial charge in [0.05, 0.1) is 5.56 Å². The minimum absolute atomic E-state index is 0.344. The first-order valence-corrected chi connectivity index (χ1v) is 6.48. The fourth-order valence-corrected chi connectivity index (χ4v) is 1.82. The van der Waals surface area contributed by atoms with Gasteiger partial charge >= 0.3 is 6.18 Å². The summed E-state index contributed by atoms with van der Waals surface area (Å²) in [6.07, 6.45) is -2.60. The summed E-state index contributed by atoms with van der Waals surface area (Å²) in [5.74, 6) is 5.71. The van der Waals surface area contributed by atoms with E-state index in [0.29, 0.717) is 24.4 Å². The Hall–Kier alpha value is -2.33. The van der Waals surface area contributed by atoms with Gasteiger partial charge in [-0.15, -0.1) is 0 Å². The summed E-state index contributed by atoms with van der Waals surface area (Å²) in [7, 11) is 3.35. The summed E-state index contributed by atoms with van der Waals surface area (Å²) in [6.45, 7) is 0.719. The monoisotopic (exact) mass is 310 g/mol. The van der Waals surface area contributed by atoms with Crippen LogP contribution in [0.1, 0.15) is 5.56 Å². The van der Waals surface area contributed by atoms with Crippen LogP contribution in [-0.4, -0.2) is 23.6 Å². The molecule has 2 rings (SSSR count). The number of alkyl halides is 3. The van der Waals surface area contributed by atoms with Crippen LogP contribution in [0.15, 0.2) is 30.5 Å². The molecule has 0 fully saturated rings. The van der Waals surface area contributed by atoms with Crippen molar-refractivity contribution in [3.8, 4) is 23.1 Å². The smallest absolute Gasteiger partial charge is 0.372 e.